The number of hydrogen-bond acceptors (Lipinski definition) is 1. The van der Waals surface area contributed by atoms with Crippen LogP contribution in [-0.2, 0) is 5.41 Å². The third-order valence-electron chi connectivity index (χ3n) is 3.15. The van der Waals surface area contributed by atoms with Crippen molar-refractivity contribution in [1.29, 1.82) is 0 Å². The minimum absolute atomic E-state index is 0.0815. The molecule has 0 aliphatic heterocycles. The first kappa shape index (κ1) is 11.0. The minimum Gasteiger partial charge on any atom is -0.251 e. The molecule has 1 aromatic rings. The van der Waals surface area contributed by atoms with Crippen LogP contribution in [0.4, 0.5) is 0 Å². The van der Waals surface area contributed by atoms with Crippen LogP contribution in [0, 0.1) is 5.92 Å². The highest BCUT2D eigenvalue weighted by Gasteiger charge is 2.31. The van der Waals surface area contributed by atoms with E-state index in [-0.39, 0.29) is 5.41 Å². The molecule has 0 saturated heterocycles. The molecular formula is C12H19ClN2. The molecule has 1 unspecified atom stereocenters. The van der Waals surface area contributed by atoms with E-state index < -0.39 is 0 Å². The van der Waals surface area contributed by atoms with Crippen molar-refractivity contribution >= 4 is 11.6 Å². The standard InChI is InChI=1S/C12H19ClN2/c1-8(9-5-6-9)15-11(13)7-10(14-15)12(2,3)4/h7-9H,5-6H2,1-4H3. The molecule has 0 amide bonds. The van der Waals surface area contributed by atoms with Crippen molar-refractivity contribution < 1.29 is 0 Å². The number of aromatic nitrogens is 2. The van der Waals surface area contributed by atoms with Gasteiger partial charge in [0.15, 0.2) is 0 Å². The Bertz CT molecular complexity index is 358. The van der Waals surface area contributed by atoms with Gasteiger partial charge in [-0.1, -0.05) is 32.4 Å². The van der Waals surface area contributed by atoms with E-state index in [2.05, 4.69) is 32.8 Å². The molecule has 0 bridgehead atoms. The highest BCUT2D eigenvalue weighted by Crippen LogP contribution is 2.40. The first-order valence-electron chi connectivity index (χ1n) is 5.65. The fraction of sp³-hybridized carbons (Fsp3) is 0.750. The Labute approximate surface area is 96.6 Å². The number of nitrogens with zero attached hydrogens (tertiary/aromatic N) is 2. The molecule has 3 heteroatoms. The van der Waals surface area contributed by atoms with Crippen molar-refractivity contribution in [2.24, 2.45) is 5.92 Å². The van der Waals surface area contributed by atoms with Crippen LogP contribution in [0.5, 0.6) is 0 Å². The predicted octanol–water partition coefficient (Wildman–Crippen LogP) is 3.81. The molecule has 2 nitrogen and oxygen atoms in total. The lowest BCUT2D eigenvalue weighted by Crippen LogP contribution is -2.15. The number of rotatable bonds is 2. The zero-order chi connectivity index (χ0) is 11.2. The molecule has 0 spiro atoms. The summed E-state index contributed by atoms with van der Waals surface area (Å²) < 4.78 is 1.99. The molecule has 15 heavy (non-hydrogen) atoms. The maximum atomic E-state index is 6.22. The van der Waals surface area contributed by atoms with Crippen LogP contribution in [0.15, 0.2) is 6.07 Å². The summed E-state index contributed by atoms with van der Waals surface area (Å²) in [5.74, 6) is 0.787. The average Bonchev–Trinajstić information content (AvgIpc) is 2.87. The maximum Gasteiger partial charge on any atom is 0.127 e. The Morgan fingerprint density at radius 2 is 2.07 bits per heavy atom. The summed E-state index contributed by atoms with van der Waals surface area (Å²) in [6.07, 6.45) is 2.64. The van der Waals surface area contributed by atoms with E-state index in [9.17, 15) is 0 Å². The second kappa shape index (κ2) is 3.51. The molecule has 0 aromatic carbocycles. The second-order valence-corrected chi connectivity index (χ2v) is 6.01. The monoisotopic (exact) mass is 226 g/mol. The topological polar surface area (TPSA) is 17.8 Å². The minimum atomic E-state index is 0.0815. The van der Waals surface area contributed by atoms with Crippen LogP contribution in [0.1, 0.15) is 52.3 Å². The van der Waals surface area contributed by atoms with E-state index in [1.165, 1.54) is 12.8 Å². The van der Waals surface area contributed by atoms with Crippen LogP contribution in [0.2, 0.25) is 5.15 Å². The summed E-state index contributed by atoms with van der Waals surface area (Å²) in [7, 11) is 0. The van der Waals surface area contributed by atoms with Crippen LogP contribution >= 0.6 is 11.6 Å². The van der Waals surface area contributed by atoms with Crippen molar-refractivity contribution in [2.75, 3.05) is 0 Å². The molecule has 1 aromatic heterocycles. The SMILES string of the molecule is CC(C1CC1)n1nc(C(C)(C)C)cc1Cl. The third kappa shape index (κ3) is 2.20. The number of halogens is 1. The van der Waals surface area contributed by atoms with Gasteiger partial charge in [-0.25, -0.2) is 0 Å². The van der Waals surface area contributed by atoms with Crippen molar-refractivity contribution in [3.8, 4) is 0 Å². The maximum absolute atomic E-state index is 6.22. The molecule has 1 aliphatic carbocycles. The normalized spacial score (nSPS) is 19.3. The lowest BCUT2D eigenvalue weighted by Gasteiger charge is -2.15. The first-order chi connectivity index (χ1) is 6.89. The van der Waals surface area contributed by atoms with Gasteiger partial charge in [0.2, 0.25) is 0 Å². The molecular weight excluding hydrogens is 208 g/mol. The number of hydrogen-bond donors (Lipinski definition) is 0. The van der Waals surface area contributed by atoms with E-state index in [0.29, 0.717) is 6.04 Å². The summed E-state index contributed by atoms with van der Waals surface area (Å²) in [5, 5.41) is 5.40. The zero-order valence-electron chi connectivity index (χ0n) is 9.92. The Balaban J connectivity index is 2.28. The van der Waals surface area contributed by atoms with Gasteiger partial charge in [-0.05, 0) is 31.7 Å². The van der Waals surface area contributed by atoms with Gasteiger partial charge in [0, 0.05) is 5.41 Å². The van der Waals surface area contributed by atoms with E-state index in [1.54, 1.807) is 0 Å². The third-order valence-corrected chi connectivity index (χ3v) is 3.43. The van der Waals surface area contributed by atoms with Gasteiger partial charge in [0.1, 0.15) is 5.15 Å². The Hall–Kier alpha value is -0.500. The predicted molar refractivity (Wildman–Crippen MR) is 63.4 cm³/mol. The van der Waals surface area contributed by atoms with Crippen LogP contribution in [-0.4, -0.2) is 9.78 Å². The molecule has 1 atom stereocenters. The van der Waals surface area contributed by atoms with Gasteiger partial charge < -0.3 is 0 Å². The summed E-state index contributed by atoms with van der Waals surface area (Å²) in [6.45, 7) is 8.70. The molecule has 84 valence electrons. The van der Waals surface area contributed by atoms with Crippen molar-refractivity contribution in [1.82, 2.24) is 9.78 Å². The van der Waals surface area contributed by atoms with E-state index >= 15 is 0 Å². The van der Waals surface area contributed by atoms with Gasteiger partial charge in [0.25, 0.3) is 0 Å². The quantitative estimate of drug-likeness (QED) is 0.750. The molecule has 2 rings (SSSR count). The summed E-state index contributed by atoms with van der Waals surface area (Å²) >= 11 is 6.22. The lowest BCUT2D eigenvalue weighted by molar-refractivity contribution is 0.427. The Kier molecular flexibility index (Phi) is 2.58. The molecule has 0 radical (unpaired) electrons. The van der Waals surface area contributed by atoms with Crippen LogP contribution in [0.3, 0.4) is 0 Å². The van der Waals surface area contributed by atoms with E-state index in [0.717, 1.165) is 16.8 Å². The smallest absolute Gasteiger partial charge is 0.127 e. The Morgan fingerprint density at radius 1 is 1.47 bits per heavy atom. The highest BCUT2D eigenvalue weighted by atomic mass is 35.5. The first-order valence-corrected chi connectivity index (χ1v) is 6.03. The van der Waals surface area contributed by atoms with Crippen LogP contribution in [0.25, 0.3) is 0 Å². The van der Waals surface area contributed by atoms with Gasteiger partial charge in [-0.15, -0.1) is 0 Å². The molecule has 1 saturated carbocycles. The lowest BCUT2D eigenvalue weighted by atomic mass is 9.93. The summed E-state index contributed by atoms with van der Waals surface area (Å²) in [4.78, 5) is 0. The fourth-order valence-electron chi connectivity index (χ4n) is 1.80. The van der Waals surface area contributed by atoms with E-state index in [1.807, 2.05) is 10.7 Å². The van der Waals surface area contributed by atoms with Gasteiger partial charge in [-0.2, -0.15) is 5.10 Å². The van der Waals surface area contributed by atoms with E-state index in [4.69, 9.17) is 11.6 Å². The van der Waals surface area contributed by atoms with Crippen molar-refractivity contribution in [3.63, 3.8) is 0 Å². The van der Waals surface area contributed by atoms with Gasteiger partial charge in [0.05, 0.1) is 11.7 Å². The van der Waals surface area contributed by atoms with Gasteiger partial charge >= 0.3 is 0 Å². The molecule has 1 aliphatic rings. The van der Waals surface area contributed by atoms with Crippen molar-refractivity contribution in [2.45, 2.75) is 52.0 Å². The molecule has 1 fully saturated rings. The highest BCUT2D eigenvalue weighted by molar-refractivity contribution is 6.29. The molecule has 1 heterocycles. The molecule has 0 N–H and O–H groups in total. The summed E-state index contributed by atoms with van der Waals surface area (Å²) in [5.41, 5.74) is 1.16. The fourth-order valence-corrected chi connectivity index (χ4v) is 2.10. The zero-order valence-corrected chi connectivity index (χ0v) is 10.7. The summed E-state index contributed by atoms with van der Waals surface area (Å²) in [6, 6.07) is 2.45. The van der Waals surface area contributed by atoms with Crippen LogP contribution < -0.4 is 0 Å². The van der Waals surface area contributed by atoms with Crippen molar-refractivity contribution in [3.05, 3.63) is 16.9 Å². The second-order valence-electron chi connectivity index (χ2n) is 5.62. The van der Waals surface area contributed by atoms with Gasteiger partial charge in [-0.3, -0.25) is 4.68 Å². The Morgan fingerprint density at radius 3 is 2.47 bits per heavy atom. The largest absolute Gasteiger partial charge is 0.251 e. The average molecular weight is 227 g/mol.